The van der Waals surface area contributed by atoms with E-state index in [2.05, 4.69) is 13.2 Å². The van der Waals surface area contributed by atoms with Crippen LogP contribution in [0.5, 0.6) is 11.5 Å². The number of para-hydroxylation sites is 1. The molecule has 0 saturated carbocycles. The molecule has 0 bridgehead atoms. The number of fused-ring (bicyclic) bond motifs is 1. The van der Waals surface area contributed by atoms with Gasteiger partial charge >= 0.3 is 0 Å². The third-order valence-corrected chi connectivity index (χ3v) is 7.00. The Balaban J connectivity index is 1.70. The molecule has 3 aromatic carbocycles. The maximum absolute atomic E-state index is 15.3. The Morgan fingerprint density at radius 2 is 1.60 bits per heavy atom. The second kappa shape index (κ2) is 13.0. The van der Waals surface area contributed by atoms with Crippen LogP contribution in [-0.4, -0.2) is 35.3 Å². The number of halogens is 1. The molecule has 1 atom stereocenters. The van der Waals surface area contributed by atoms with Gasteiger partial charge in [-0.15, -0.1) is 6.58 Å². The number of hydrogen-bond acceptors (Lipinski definition) is 5. The van der Waals surface area contributed by atoms with Crippen molar-refractivity contribution in [1.82, 2.24) is 9.58 Å². The summed E-state index contributed by atoms with van der Waals surface area (Å²) < 4.78 is 28.8. The lowest BCUT2D eigenvalue weighted by atomic mass is 9.96. The van der Waals surface area contributed by atoms with Crippen LogP contribution in [0.25, 0.3) is 0 Å². The number of pyridine rings is 1. The van der Waals surface area contributed by atoms with E-state index in [9.17, 15) is 9.59 Å². The summed E-state index contributed by atoms with van der Waals surface area (Å²) in [4.78, 5) is 28.8. The van der Waals surface area contributed by atoms with Crippen molar-refractivity contribution in [3.05, 3.63) is 155 Å². The summed E-state index contributed by atoms with van der Waals surface area (Å²) in [6.07, 6.45) is 5.40. The van der Waals surface area contributed by atoms with Gasteiger partial charge in [-0.25, -0.2) is 4.39 Å². The van der Waals surface area contributed by atoms with Crippen molar-refractivity contribution < 1.29 is 18.7 Å². The van der Waals surface area contributed by atoms with Gasteiger partial charge in [0.1, 0.15) is 25.9 Å². The Morgan fingerprint density at radius 1 is 0.857 bits per heavy atom. The highest BCUT2D eigenvalue weighted by Crippen LogP contribution is 2.38. The highest BCUT2D eigenvalue weighted by atomic mass is 19.1. The fourth-order valence-corrected chi connectivity index (χ4v) is 5.05. The fraction of sp³-hybridized carbons (Fsp3) is 0.176. The van der Waals surface area contributed by atoms with Crippen LogP contribution in [0.2, 0.25) is 0 Å². The highest BCUT2D eigenvalue weighted by Gasteiger charge is 2.38. The molecule has 214 valence electrons. The summed E-state index contributed by atoms with van der Waals surface area (Å²) in [7, 11) is 0. The number of carbonyl (C=O) groups is 1. The summed E-state index contributed by atoms with van der Waals surface area (Å²) in [5, 5.41) is 1.92. The maximum Gasteiger partial charge on any atom is 0.277 e. The van der Waals surface area contributed by atoms with Crippen LogP contribution >= 0.6 is 0 Å². The quantitative estimate of drug-likeness (QED) is 0.202. The molecule has 0 radical (unpaired) electrons. The summed E-state index contributed by atoms with van der Waals surface area (Å²) in [6, 6.07) is 24.6. The van der Waals surface area contributed by atoms with Gasteiger partial charge in [0.2, 0.25) is 5.43 Å². The minimum atomic E-state index is -0.607. The van der Waals surface area contributed by atoms with Crippen LogP contribution in [-0.2, 0) is 6.61 Å². The van der Waals surface area contributed by atoms with E-state index in [0.29, 0.717) is 18.5 Å². The predicted octanol–water partition coefficient (Wildman–Crippen LogP) is 5.85. The zero-order valence-electron chi connectivity index (χ0n) is 23.2. The molecule has 5 rings (SSSR count). The van der Waals surface area contributed by atoms with Crippen molar-refractivity contribution >= 4 is 5.91 Å². The number of carbonyl (C=O) groups excluding carboxylic acids is 1. The first-order valence-corrected chi connectivity index (χ1v) is 13.7. The van der Waals surface area contributed by atoms with Crippen LogP contribution in [0.15, 0.2) is 121 Å². The molecule has 0 spiro atoms. The van der Waals surface area contributed by atoms with Gasteiger partial charge in [0, 0.05) is 24.4 Å². The largest absolute Gasteiger partial charge is 0.486 e. The number of amides is 1. The van der Waals surface area contributed by atoms with Gasteiger partial charge in [-0.3, -0.25) is 19.3 Å². The number of benzene rings is 3. The lowest BCUT2D eigenvalue weighted by Crippen LogP contribution is -2.55. The molecule has 8 heteroatoms. The Bertz CT molecular complexity index is 1620. The normalized spacial score (nSPS) is 13.3. The van der Waals surface area contributed by atoms with Gasteiger partial charge in [0.25, 0.3) is 5.91 Å². The summed E-state index contributed by atoms with van der Waals surface area (Å²) in [6.45, 7) is 8.25. The van der Waals surface area contributed by atoms with Crippen molar-refractivity contribution in [2.24, 2.45) is 0 Å². The van der Waals surface area contributed by atoms with Crippen LogP contribution in [0, 0.1) is 5.82 Å². The first kappa shape index (κ1) is 28.4. The van der Waals surface area contributed by atoms with Crippen molar-refractivity contribution in [3.8, 4) is 11.5 Å². The Labute approximate surface area is 244 Å². The first-order chi connectivity index (χ1) is 20.5. The van der Waals surface area contributed by atoms with Gasteiger partial charge < -0.3 is 14.4 Å². The smallest absolute Gasteiger partial charge is 0.277 e. The van der Waals surface area contributed by atoms with Gasteiger partial charge in [0.15, 0.2) is 23.0 Å². The third kappa shape index (κ3) is 5.83. The molecule has 1 amide bonds. The maximum atomic E-state index is 15.3. The van der Waals surface area contributed by atoms with Crippen LogP contribution < -0.4 is 19.9 Å². The van der Waals surface area contributed by atoms with Gasteiger partial charge in [-0.2, -0.15) is 0 Å². The molecular weight excluding hydrogens is 533 g/mol. The Kier molecular flexibility index (Phi) is 8.82. The third-order valence-electron chi connectivity index (χ3n) is 7.00. The topological polar surface area (TPSA) is 64.0 Å². The molecule has 1 aliphatic rings. The van der Waals surface area contributed by atoms with E-state index in [0.717, 1.165) is 11.1 Å². The molecule has 2 heterocycles. The standard InChI is InChI=1S/C34H32FN3O4/c1-3-5-20-36-24-38(30(26-15-10-7-11-16-26)27-17-12-18-28(35)32(27)41-22-4-2)37-21-19-29(39)33(31(37)34(36)40)42-23-25-13-8-6-9-14-25/h3-4,6-19,21,30H,1-2,5,20,22-24H2. The van der Waals surface area contributed by atoms with E-state index in [1.807, 2.05) is 65.7 Å². The lowest BCUT2D eigenvalue weighted by Gasteiger charge is -2.44. The second-order valence-electron chi connectivity index (χ2n) is 9.77. The van der Waals surface area contributed by atoms with E-state index in [-0.39, 0.29) is 43.0 Å². The zero-order valence-corrected chi connectivity index (χ0v) is 23.2. The summed E-state index contributed by atoms with van der Waals surface area (Å²) in [5.41, 5.74) is 1.93. The minimum Gasteiger partial charge on any atom is -0.486 e. The van der Waals surface area contributed by atoms with E-state index < -0.39 is 17.3 Å². The lowest BCUT2D eigenvalue weighted by molar-refractivity contribution is 0.0679. The van der Waals surface area contributed by atoms with E-state index in [1.54, 1.807) is 40.1 Å². The monoisotopic (exact) mass is 565 g/mol. The second-order valence-corrected chi connectivity index (χ2v) is 9.77. The summed E-state index contributed by atoms with van der Waals surface area (Å²) in [5.74, 6) is -0.820. The summed E-state index contributed by atoms with van der Waals surface area (Å²) >= 11 is 0. The van der Waals surface area contributed by atoms with Crippen LogP contribution in [0.1, 0.15) is 39.6 Å². The van der Waals surface area contributed by atoms with Crippen LogP contribution in [0.3, 0.4) is 0 Å². The van der Waals surface area contributed by atoms with E-state index >= 15 is 4.39 Å². The number of aromatic nitrogens is 1. The SMILES string of the molecule is C=CCCN1CN(C(c2ccccc2)c2cccc(F)c2OCC=C)n2ccc(=O)c(OCc3ccccc3)c2C1=O. The predicted molar refractivity (Wildman–Crippen MR) is 161 cm³/mol. The average molecular weight is 566 g/mol. The molecule has 42 heavy (non-hydrogen) atoms. The first-order valence-electron chi connectivity index (χ1n) is 13.7. The molecule has 0 N–H and O–H groups in total. The molecule has 1 aromatic heterocycles. The molecule has 0 fully saturated rings. The van der Waals surface area contributed by atoms with Gasteiger partial charge in [-0.1, -0.05) is 91.5 Å². The fourth-order valence-electron chi connectivity index (χ4n) is 5.05. The zero-order chi connectivity index (χ0) is 29.5. The van der Waals surface area contributed by atoms with Crippen molar-refractivity contribution in [3.63, 3.8) is 0 Å². The average Bonchev–Trinajstić information content (AvgIpc) is 3.02. The minimum absolute atomic E-state index is 0.0474. The van der Waals surface area contributed by atoms with Crippen molar-refractivity contribution in [1.29, 1.82) is 0 Å². The van der Waals surface area contributed by atoms with E-state index in [1.165, 1.54) is 12.1 Å². The molecule has 1 aliphatic heterocycles. The van der Waals surface area contributed by atoms with Gasteiger partial charge in [-0.05, 0) is 23.6 Å². The molecular formula is C34H32FN3O4. The number of ether oxygens (including phenoxy) is 2. The van der Waals surface area contributed by atoms with E-state index in [4.69, 9.17) is 9.47 Å². The van der Waals surface area contributed by atoms with Crippen molar-refractivity contribution in [2.75, 3.05) is 24.8 Å². The molecule has 4 aromatic rings. The molecule has 1 unspecified atom stereocenters. The molecule has 7 nitrogen and oxygen atoms in total. The number of hydrogen-bond donors (Lipinski definition) is 0. The van der Waals surface area contributed by atoms with Crippen LogP contribution in [0.4, 0.5) is 4.39 Å². The number of rotatable bonds is 12. The highest BCUT2D eigenvalue weighted by molar-refractivity contribution is 5.96. The van der Waals surface area contributed by atoms with Gasteiger partial charge in [0.05, 0.1) is 0 Å². The van der Waals surface area contributed by atoms with Crippen molar-refractivity contribution in [2.45, 2.75) is 19.1 Å². The molecule has 0 aliphatic carbocycles. The number of nitrogens with zero attached hydrogens (tertiary/aromatic N) is 3. The molecule has 0 saturated heterocycles. The Hall–Kier alpha value is -5.11. The Morgan fingerprint density at radius 3 is 2.31 bits per heavy atom.